The highest BCUT2D eigenvalue weighted by Crippen LogP contribution is 2.34. The van der Waals surface area contributed by atoms with Gasteiger partial charge in [0.15, 0.2) is 6.29 Å². The molecular formula is C15H23NO2. The number of hydrogen-bond acceptors (Lipinski definition) is 3. The maximum absolute atomic E-state index is 6.22. The van der Waals surface area contributed by atoms with Crippen molar-refractivity contribution >= 4 is 0 Å². The second kappa shape index (κ2) is 5.83. The number of hydrogen-bond donors (Lipinski definition) is 1. The van der Waals surface area contributed by atoms with Crippen molar-refractivity contribution in [3.63, 3.8) is 0 Å². The third kappa shape index (κ3) is 3.31. The van der Waals surface area contributed by atoms with E-state index >= 15 is 0 Å². The Kier molecular flexibility index (Phi) is 4.38. The maximum atomic E-state index is 6.22. The van der Waals surface area contributed by atoms with E-state index in [1.807, 2.05) is 18.2 Å². The minimum Gasteiger partial charge on any atom is -0.350 e. The Labute approximate surface area is 109 Å². The lowest BCUT2D eigenvalue weighted by Gasteiger charge is -2.30. The molecule has 1 aliphatic heterocycles. The van der Waals surface area contributed by atoms with Gasteiger partial charge in [0.25, 0.3) is 0 Å². The smallest absolute Gasteiger partial charge is 0.162 e. The van der Waals surface area contributed by atoms with Gasteiger partial charge in [-0.3, -0.25) is 0 Å². The molecule has 100 valence electrons. The van der Waals surface area contributed by atoms with E-state index in [2.05, 4.69) is 26.0 Å². The maximum Gasteiger partial charge on any atom is 0.162 e. The molecule has 0 aromatic heterocycles. The molecule has 1 aromatic carbocycles. The van der Waals surface area contributed by atoms with Crippen molar-refractivity contribution in [1.29, 1.82) is 0 Å². The first-order chi connectivity index (χ1) is 8.59. The van der Waals surface area contributed by atoms with Gasteiger partial charge in [0.1, 0.15) is 0 Å². The van der Waals surface area contributed by atoms with Crippen molar-refractivity contribution in [3.05, 3.63) is 35.9 Å². The number of ether oxygens (including phenoxy) is 2. The summed E-state index contributed by atoms with van der Waals surface area (Å²) in [7, 11) is 0. The van der Waals surface area contributed by atoms with Crippen LogP contribution in [-0.4, -0.2) is 19.5 Å². The molecule has 18 heavy (non-hydrogen) atoms. The molecule has 3 nitrogen and oxygen atoms in total. The van der Waals surface area contributed by atoms with Gasteiger partial charge in [0.05, 0.1) is 13.2 Å². The molecule has 0 amide bonds. The van der Waals surface area contributed by atoms with E-state index < -0.39 is 0 Å². The minimum absolute atomic E-state index is 0.0168. The normalized spacial score (nSPS) is 19.1. The van der Waals surface area contributed by atoms with E-state index in [4.69, 9.17) is 15.2 Å². The summed E-state index contributed by atoms with van der Waals surface area (Å²) >= 11 is 0. The Morgan fingerprint density at radius 1 is 1.22 bits per heavy atom. The summed E-state index contributed by atoms with van der Waals surface area (Å²) in [4.78, 5) is 0. The van der Waals surface area contributed by atoms with Gasteiger partial charge >= 0.3 is 0 Å². The second-order valence-corrected chi connectivity index (χ2v) is 5.62. The van der Waals surface area contributed by atoms with Crippen molar-refractivity contribution < 1.29 is 9.47 Å². The van der Waals surface area contributed by atoms with Crippen LogP contribution in [0.2, 0.25) is 0 Å². The van der Waals surface area contributed by atoms with E-state index in [0.29, 0.717) is 13.2 Å². The van der Waals surface area contributed by atoms with Gasteiger partial charge in [-0.25, -0.2) is 0 Å². The number of rotatable bonds is 5. The third-order valence-corrected chi connectivity index (χ3v) is 3.59. The highest BCUT2D eigenvalue weighted by Gasteiger charge is 2.34. The molecule has 1 saturated heterocycles. The molecule has 1 fully saturated rings. The van der Waals surface area contributed by atoms with Crippen LogP contribution in [0.15, 0.2) is 30.3 Å². The Morgan fingerprint density at radius 2 is 1.83 bits per heavy atom. The lowest BCUT2D eigenvalue weighted by molar-refractivity contribution is -0.123. The zero-order valence-corrected chi connectivity index (χ0v) is 11.3. The van der Waals surface area contributed by atoms with E-state index in [0.717, 1.165) is 12.8 Å². The van der Waals surface area contributed by atoms with Crippen molar-refractivity contribution in [2.75, 3.05) is 13.2 Å². The molecule has 1 atom stereocenters. The van der Waals surface area contributed by atoms with E-state index in [1.54, 1.807) is 0 Å². The monoisotopic (exact) mass is 249 g/mol. The topological polar surface area (TPSA) is 44.5 Å². The number of benzene rings is 1. The van der Waals surface area contributed by atoms with Crippen LogP contribution in [0, 0.1) is 5.41 Å². The summed E-state index contributed by atoms with van der Waals surface area (Å²) in [6.45, 7) is 5.78. The number of nitrogens with two attached hydrogens (primary N) is 1. The fourth-order valence-corrected chi connectivity index (χ4v) is 2.32. The highest BCUT2D eigenvalue weighted by molar-refractivity contribution is 5.18. The van der Waals surface area contributed by atoms with Crippen LogP contribution < -0.4 is 5.73 Å². The van der Waals surface area contributed by atoms with Crippen molar-refractivity contribution in [3.8, 4) is 0 Å². The first-order valence-corrected chi connectivity index (χ1v) is 6.63. The largest absolute Gasteiger partial charge is 0.350 e. The predicted octanol–water partition coefficient (Wildman–Crippen LogP) is 2.87. The summed E-state index contributed by atoms with van der Waals surface area (Å²) < 4.78 is 11.2. The van der Waals surface area contributed by atoms with Gasteiger partial charge in [0.2, 0.25) is 0 Å². The molecule has 1 unspecified atom stereocenters. The van der Waals surface area contributed by atoms with Gasteiger partial charge in [0, 0.05) is 11.5 Å². The van der Waals surface area contributed by atoms with E-state index in [9.17, 15) is 0 Å². The standard InChI is InChI=1S/C15H23NO2/c1-15(2,14-17-10-11-18-14)9-8-13(16)12-6-4-3-5-7-12/h3-7,13-14H,8-11,16H2,1-2H3. The molecular weight excluding hydrogens is 226 g/mol. The molecule has 2 rings (SSSR count). The molecule has 0 aliphatic carbocycles. The Balaban J connectivity index is 1.87. The van der Waals surface area contributed by atoms with E-state index in [-0.39, 0.29) is 17.7 Å². The molecule has 1 aliphatic rings. The molecule has 3 heteroatoms. The van der Waals surface area contributed by atoms with Crippen molar-refractivity contribution in [2.24, 2.45) is 11.1 Å². The predicted molar refractivity (Wildman–Crippen MR) is 72.1 cm³/mol. The summed E-state index contributed by atoms with van der Waals surface area (Å²) in [5, 5.41) is 0. The lowest BCUT2D eigenvalue weighted by atomic mass is 9.84. The van der Waals surface area contributed by atoms with Crippen LogP contribution in [0.4, 0.5) is 0 Å². The molecule has 2 N–H and O–H groups in total. The summed E-state index contributed by atoms with van der Waals surface area (Å²) in [6, 6.07) is 10.3. The van der Waals surface area contributed by atoms with Gasteiger partial charge in [-0.1, -0.05) is 44.2 Å². The van der Waals surface area contributed by atoms with Crippen LogP contribution in [0.1, 0.15) is 38.3 Å². The quantitative estimate of drug-likeness (QED) is 0.872. The molecule has 0 spiro atoms. The van der Waals surface area contributed by atoms with Crippen LogP contribution in [0.5, 0.6) is 0 Å². The Hall–Kier alpha value is -0.900. The summed E-state index contributed by atoms with van der Waals surface area (Å²) in [5.74, 6) is 0. The van der Waals surface area contributed by atoms with E-state index in [1.165, 1.54) is 5.56 Å². The lowest BCUT2D eigenvalue weighted by Crippen LogP contribution is -2.31. The van der Waals surface area contributed by atoms with Gasteiger partial charge in [-0.05, 0) is 18.4 Å². The molecule has 0 saturated carbocycles. The summed E-state index contributed by atoms with van der Waals surface area (Å²) in [5.41, 5.74) is 7.43. The Bertz CT molecular complexity index is 358. The first-order valence-electron chi connectivity index (χ1n) is 6.63. The highest BCUT2D eigenvalue weighted by atomic mass is 16.7. The van der Waals surface area contributed by atoms with Crippen molar-refractivity contribution in [2.45, 2.75) is 39.0 Å². The first kappa shape index (κ1) is 13.5. The zero-order valence-electron chi connectivity index (χ0n) is 11.3. The SMILES string of the molecule is CC(C)(CCC(N)c1ccccc1)C1OCCO1. The van der Waals surface area contributed by atoms with Gasteiger partial charge in [-0.2, -0.15) is 0 Å². The minimum atomic E-state index is -0.0829. The fraction of sp³-hybridized carbons (Fsp3) is 0.600. The molecule has 0 bridgehead atoms. The average Bonchev–Trinajstić information content (AvgIpc) is 2.92. The zero-order chi connectivity index (χ0) is 13.0. The fourth-order valence-electron chi connectivity index (χ4n) is 2.32. The van der Waals surface area contributed by atoms with Crippen LogP contribution in [0.25, 0.3) is 0 Å². The van der Waals surface area contributed by atoms with Gasteiger partial charge < -0.3 is 15.2 Å². The Morgan fingerprint density at radius 3 is 2.44 bits per heavy atom. The molecule has 1 aromatic rings. The van der Waals surface area contributed by atoms with Crippen LogP contribution in [0.3, 0.4) is 0 Å². The van der Waals surface area contributed by atoms with Gasteiger partial charge in [-0.15, -0.1) is 0 Å². The average molecular weight is 249 g/mol. The van der Waals surface area contributed by atoms with Crippen LogP contribution in [-0.2, 0) is 9.47 Å². The second-order valence-electron chi connectivity index (χ2n) is 5.62. The van der Waals surface area contributed by atoms with Crippen molar-refractivity contribution in [1.82, 2.24) is 0 Å². The summed E-state index contributed by atoms with van der Waals surface area (Å²) in [6.07, 6.45) is 1.86. The molecule has 1 heterocycles. The third-order valence-electron chi connectivity index (χ3n) is 3.59. The van der Waals surface area contributed by atoms with Crippen LogP contribution >= 0.6 is 0 Å². The molecule has 0 radical (unpaired) electrons.